The van der Waals surface area contributed by atoms with Crippen molar-refractivity contribution in [1.29, 1.82) is 0 Å². The molecule has 2 N–H and O–H groups in total. The Kier molecular flexibility index (Phi) is 2.87. The van der Waals surface area contributed by atoms with Crippen LogP contribution in [0.4, 0.5) is 0 Å². The van der Waals surface area contributed by atoms with Crippen LogP contribution in [0.15, 0.2) is 0 Å². The molecule has 0 saturated carbocycles. The van der Waals surface area contributed by atoms with Crippen LogP contribution in [0, 0.1) is 5.92 Å². The summed E-state index contributed by atoms with van der Waals surface area (Å²) in [5, 5.41) is 12.2. The average molecular weight is 186 g/mol. The van der Waals surface area contributed by atoms with E-state index in [0.29, 0.717) is 18.0 Å². The quantitative estimate of drug-likeness (QED) is 0.584. The number of rotatable bonds is 2. The number of hydrogen-bond acceptors (Lipinski definition) is 3. The number of carbonyl (C=O) groups excluding carboxylic acids is 2. The highest BCUT2D eigenvalue weighted by atomic mass is 16.5. The normalized spacial score (nSPS) is 22.6. The number of nitrogens with zero attached hydrogens (tertiary/aromatic N) is 1. The number of carbonyl (C=O) groups is 2. The summed E-state index contributed by atoms with van der Waals surface area (Å²) in [4.78, 5) is 22.3. The third-order valence-electron chi connectivity index (χ3n) is 2.02. The Hall–Kier alpha value is -1.10. The molecule has 0 aromatic heterocycles. The molecule has 5 heteroatoms. The summed E-state index contributed by atoms with van der Waals surface area (Å²) in [6.45, 7) is 3.80. The van der Waals surface area contributed by atoms with Gasteiger partial charge in [0.15, 0.2) is 0 Å². The number of amides is 2. The summed E-state index contributed by atoms with van der Waals surface area (Å²) in [6.07, 6.45) is 0.480. The van der Waals surface area contributed by atoms with Gasteiger partial charge in [-0.1, -0.05) is 13.8 Å². The van der Waals surface area contributed by atoms with Gasteiger partial charge in [0.05, 0.1) is 6.54 Å². The van der Waals surface area contributed by atoms with Crippen LogP contribution in [0.25, 0.3) is 0 Å². The van der Waals surface area contributed by atoms with Crippen LogP contribution in [0.2, 0.25) is 0 Å². The van der Waals surface area contributed by atoms with Crippen LogP contribution in [0.5, 0.6) is 0 Å². The largest absolute Gasteiger partial charge is 0.344 e. The third-order valence-corrected chi connectivity index (χ3v) is 2.02. The highest BCUT2D eigenvalue weighted by Gasteiger charge is 2.32. The average Bonchev–Trinajstić information content (AvgIpc) is 2.36. The lowest BCUT2D eigenvalue weighted by molar-refractivity contribution is -0.159. The standard InChI is InChI=1S/C8H14N2O3/c1-5(2)7(11)9-6-3-4-10(13)8(6)12/h5-6,13H,3-4H2,1-2H3,(H,9,11). The van der Waals surface area contributed by atoms with E-state index < -0.39 is 11.9 Å². The van der Waals surface area contributed by atoms with E-state index >= 15 is 0 Å². The van der Waals surface area contributed by atoms with Gasteiger partial charge in [-0.25, -0.2) is 5.06 Å². The van der Waals surface area contributed by atoms with E-state index in [4.69, 9.17) is 5.21 Å². The smallest absolute Gasteiger partial charge is 0.268 e. The van der Waals surface area contributed by atoms with Crippen LogP contribution >= 0.6 is 0 Å². The molecule has 0 spiro atoms. The molecule has 13 heavy (non-hydrogen) atoms. The van der Waals surface area contributed by atoms with Crippen LogP contribution in [0.1, 0.15) is 20.3 Å². The maximum Gasteiger partial charge on any atom is 0.268 e. The van der Waals surface area contributed by atoms with E-state index in [2.05, 4.69) is 5.32 Å². The minimum Gasteiger partial charge on any atom is -0.344 e. The molecule has 1 atom stereocenters. The van der Waals surface area contributed by atoms with Crippen molar-refractivity contribution in [3.63, 3.8) is 0 Å². The SMILES string of the molecule is CC(C)C(=O)NC1CCN(O)C1=O. The summed E-state index contributed by atoms with van der Waals surface area (Å²) >= 11 is 0. The molecule has 0 aromatic carbocycles. The van der Waals surface area contributed by atoms with E-state index in [1.165, 1.54) is 0 Å². The van der Waals surface area contributed by atoms with Gasteiger partial charge in [0.2, 0.25) is 5.91 Å². The molecule has 0 aromatic rings. The lowest BCUT2D eigenvalue weighted by Gasteiger charge is -2.12. The highest BCUT2D eigenvalue weighted by Crippen LogP contribution is 2.08. The molecular weight excluding hydrogens is 172 g/mol. The lowest BCUT2D eigenvalue weighted by Crippen LogP contribution is -2.42. The molecular formula is C8H14N2O3. The molecule has 1 unspecified atom stereocenters. The van der Waals surface area contributed by atoms with Crippen LogP contribution in [-0.2, 0) is 9.59 Å². The van der Waals surface area contributed by atoms with E-state index in [9.17, 15) is 9.59 Å². The zero-order valence-electron chi connectivity index (χ0n) is 7.78. The molecule has 2 amide bonds. The Morgan fingerprint density at radius 3 is 2.69 bits per heavy atom. The maximum atomic E-state index is 11.2. The summed E-state index contributed by atoms with van der Waals surface area (Å²) < 4.78 is 0. The van der Waals surface area contributed by atoms with Gasteiger partial charge in [0, 0.05) is 5.92 Å². The molecule has 1 fully saturated rings. The Labute approximate surface area is 76.7 Å². The first-order valence-corrected chi connectivity index (χ1v) is 4.33. The third kappa shape index (κ3) is 2.18. The highest BCUT2D eigenvalue weighted by molar-refractivity contribution is 5.88. The van der Waals surface area contributed by atoms with Crippen molar-refractivity contribution in [1.82, 2.24) is 10.4 Å². The second kappa shape index (κ2) is 3.74. The van der Waals surface area contributed by atoms with Gasteiger partial charge in [-0.2, -0.15) is 0 Å². The maximum absolute atomic E-state index is 11.2. The van der Waals surface area contributed by atoms with Crippen molar-refractivity contribution in [3.05, 3.63) is 0 Å². The van der Waals surface area contributed by atoms with Gasteiger partial charge in [0.1, 0.15) is 6.04 Å². The Balaban J connectivity index is 2.47. The molecule has 0 radical (unpaired) electrons. The van der Waals surface area contributed by atoms with E-state index in [0.717, 1.165) is 0 Å². The van der Waals surface area contributed by atoms with Crippen molar-refractivity contribution >= 4 is 11.8 Å². The summed E-state index contributed by atoms with van der Waals surface area (Å²) in [6, 6.07) is -0.542. The molecule has 74 valence electrons. The summed E-state index contributed by atoms with van der Waals surface area (Å²) in [5.74, 6) is -0.719. The summed E-state index contributed by atoms with van der Waals surface area (Å²) in [5.41, 5.74) is 0. The zero-order chi connectivity index (χ0) is 10.0. The Bertz CT molecular complexity index is 227. The first-order chi connectivity index (χ1) is 6.02. The fourth-order valence-corrected chi connectivity index (χ4v) is 1.14. The van der Waals surface area contributed by atoms with E-state index in [-0.39, 0.29) is 11.8 Å². The van der Waals surface area contributed by atoms with Crippen LogP contribution in [-0.4, -0.2) is 34.7 Å². The van der Waals surface area contributed by atoms with Gasteiger partial charge in [0.25, 0.3) is 5.91 Å². The van der Waals surface area contributed by atoms with Crippen molar-refractivity contribution in [2.75, 3.05) is 6.54 Å². The Morgan fingerprint density at radius 2 is 2.31 bits per heavy atom. The van der Waals surface area contributed by atoms with E-state index in [1.54, 1.807) is 13.8 Å². The lowest BCUT2D eigenvalue weighted by atomic mass is 10.2. The Morgan fingerprint density at radius 1 is 1.69 bits per heavy atom. The second-order valence-corrected chi connectivity index (χ2v) is 3.47. The molecule has 1 aliphatic heterocycles. The van der Waals surface area contributed by atoms with Crippen LogP contribution < -0.4 is 5.32 Å². The molecule has 1 rings (SSSR count). The van der Waals surface area contributed by atoms with Crippen LogP contribution in [0.3, 0.4) is 0 Å². The van der Waals surface area contributed by atoms with Crippen molar-refractivity contribution in [3.8, 4) is 0 Å². The first-order valence-electron chi connectivity index (χ1n) is 4.33. The fourth-order valence-electron chi connectivity index (χ4n) is 1.14. The first kappa shape index (κ1) is 9.98. The zero-order valence-corrected chi connectivity index (χ0v) is 7.78. The second-order valence-electron chi connectivity index (χ2n) is 3.47. The van der Waals surface area contributed by atoms with Crippen molar-refractivity contribution in [2.24, 2.45) is 5.92 Å². The molecule has 0 bridgehead atoms. The molecule has 1 heterocycles. The molecule has 0 aliphatic carbocycles. The van der Waals surface area contributed by atoms with E-state index in [1.807, 2.05) is 0 Å². The van der Waals surface area contributed by atoms with Gasteiger partial charge < -0.3 is 5.32 Å². The number of hydroxylamine groups is 2. The number of hydrogen-bond donors (Lipinski definition) is 2. The van der Waals surface area contributed by atoms with Gasteiger partial charge in [-0.05, 0) is 6.42 Å². The van der Waals surface area contributed by atoms with Crippen molar-refractivity contribution < 1.29 is 14.8 Å². The minimum atomic E-state index is -0.542. The van der Waals surface area contributed by atoms with Gasteiger partial charge in [-0.3, -0.25) is 14.8 Å². The summed E-state index contributed by atoms with van der Waals surface area (Å²) in [7, 11) is 0. The monoisotopic (exact) mass is 186 g/mol. The molecule has 5 nitrogen and oxygen atoms in total. The van der Waals surface area contributed by atoms with Gasteiger partial charge in [-0.15, -0.1) is 0 Å². The minimum absolute atomic E-state index is 0.138. The fraction of sp³-hybridized carbons (Fsp3) is 0.750. The topological polar surface area (TPSA) is 69.6 Å². The predicted molar refractivity (Wildman–Crippen MR) is 44.9 cm³/mol. The predicted octanol–water partition coefficient (Wildman–Crippen LogP) is -0.251. The van der Waals surface area contributed by atoms with Gasteiger partial charge >= 0.3 is 0 Å². The number of nitrogens with one attached hydrogen (secondary N) is 1. The van der Waals surface area contributed by atoms with Crippen molar-refractivity contribution in [2.45, 2.75) is 26.3 Å². The molecule has 1 saturated heterocycles. The molecule has 1 aliphatic rings.